The van der Waals surface area contributed by atoms with E-state index in [1.807, 2.05) is 6.07 Å². The molecule has 0 bridgehead atoms. The zero-order chi connectivity index (χ0) is 16.4. The molecule has 0 aromatic carbocycles. The van der Waals surface area contributed by atoms with Crippen molar-refractivity contribution in [3.05, 3.63) is 47.0 Å². The third kappa shape index (κ3) is 2.99. The van der Waals surface area contributed by atoms with Crippen molar-refractivity contribution in [3.8, 4) is 6.07 Å². The van der Waals surface area contributed by atoms with Crippen molar-refractivity contribution in [2.24, 2.45) is 22.6 Å². The fourth-order valence-electron chi connectivity index (χ4n) is 3.13. The van der Waals surface area contributed by atoms with Crippen LogP contribution >= 0.6 is 0 Å². The van der Waals surface area contributed by atoms with Crippen LogP contribution in [0.1, 0.15) is 19.8 Å². The number of nitrogens with zero attached hydrogens (tertiary/aromatic N) is 2. The lowest BCUT2D eigenvalue weighted by atomic mass is 9.80. The number of hydrogen-bond acceptors (Lipinski definition) is 4. The minimum Gasteiger partial charge on any atom is -0.380 e. The number of fused-ring (bicyclic) bond motifs is 1. The number of aliphatic imine (C=N–C) groups is 1. The van der Waals surface area contributed by atoms with Crippen LogP contribution in [0.2, 0.25) is 0 Å². The zero-order valence-electron chi connectivity index (χ0n) is 13.2. The van der Waals surface area contributed by atoms with Crippen LogP contribution in [0.5, 0.6) is 0 Å². The van der Waals surface area contributed by atoms with Gasteiger partial charge in [-0.15, -0.1) is 0 Å². The lowest BCUT2D eigenvalue weighted by molar-refractivity contribution is 0.559. The smallest absolute Gasteiger partial charge is 0.136 e. The fourth-order valence-corrected chi connectivity index (χ4v) is 3.13. The number of rotatable bonds is 5. The van der Waals surface area contributed by atoms with E-state index in [0.29, 0.717) is 18.9 Å². The van der Waals surface area contributed by atoms with Crippen LogP contribution < -0.4 is 11.1 Å². The molecule has 0 spiro atoms. The van der Waals surface area contributed by atoms with Crippen LogP contribution in [0.15, 0.2) is 52.0 Å². The van der Waals surface area contributed by atoms with E-state index in [1.54, 1.807) is 6.08 Å². The third-order valence-electron chi connectivity index (χ3n) is 4.65. The molecule has 0 aromatic rings. The Labute approximate surface area is 136 Å². The van der Waals surface area contributed by atoms with Crippen molar-refractivity contribution in [2.75, 3.05) is 13.1 Å². The molecule has 120 valence electrons. The molecular formula is C18H21FN4. The second-order valence-corrected chi connectivity index (χ2v) is 6.13. The van der Waals surface area contributed by atoms with Gasteiger partial charge in [0.1, 0.15) is 11.9 Å². The first-order chi connectivity index (χ1) is 11.2. The summed E-state index contributed by atoms with van der Waals surface area (Å²) in [6.45, 7) is 3.46. The van der Waals surface area contributed by atoms with Crippen LogP contribution in [-0.2, 0) is 0 Å². The second kappa shape index (κ2) is 6.51. The molecule has 0 fully saturated rings. The molecule has 1 heterocycles. The first kappa shape index (κ1) is 15.7. The minimum absolute atomic E-state index is 0.0426. The topological polar surface area (TPSA) is 74.2 Å². The molecule has 2 aliphatic carbocycles. The maximum atomic E-state index is 13.6. The SMILES string of the molecule is CCC(CN)NC1=CC(C2C=C(C#N)C(F)=CC2)=CC2CN=C12. The van der Waals surface area contributed by atoms with E-state index in [4.69, 9.17) is 11.0 Å². The van der Waals surface area contributed by atoms with Gasteiger partial charge in [-0.3, -0.25) is 4.99 Å². The van der Waals surface area contributed by atoms with Gasteiger partial charge in [0.2, 0.25) is 0 Å². The lowest BCUT2D eigenvalue weighted by Crippen LogP contribution is -2.42. The molecule has 1 aliphatic heterocycles. The summed E-state index contributed by atoms with van der Waals surface area (Å²) >= 11 is 0. The van der Waals surface area contributed by atoms with Gasteiger partial charge in [0.25, 0.3) is 0 Å². The van der Waals surface area contributed by atoms with Gasteiger partial charge in [-0.05, 0) is 30.6 Å². The summed E-state index contributed by atoms with van der Waals surface area (Å²) in [6, 6.07) is 2.15. The molecule has 4 nitrogen and oxygen atoms in total. The Bertz CT molecular complexity index is 686. The number of allylic oxidation sites excluding steroid dienone is 7. The van der Waals surface area contributed by atoms with Gasteiger partial charge in [0.15, 0.2) is 0 Å². The minimum atomic E-state index is -0.414. The summed E-state index contributed by atoms with van der Waals surface area (Å²) in [4.78, 5) is 4.48. The van der Waals surface area contributed by atoms with Crippen molar-refractivity contribution in [1.82, 2.24) is 5.32 Å². The van der Waals surface area contributed by atoms with E-state index in [9.17, 15) is 4.39 Å². The van der Waals surface area contributed by atoms with E-state index >= 15 is 0 Å². The predicted octanol–water partition coefficient (Wildman–Crippen LogP) is 2.53. The third-order valence-corrected chi connectivity index (χ3v) is 4.65. The predicted molar refractivity (Wildman–Crippen MR) is 89.2 cm³/mol. The van der Waals surface area contributed by atoms with Gasteiger partial charge in [-0.2, -0.15) is 5.26 Å². The number of hydrogen-bond donors (Lipinski definition) is 2. The molecule has 23 heavy (non-hydrogen) atoms. The number of halogens is 1. The van der Waals surface area contributed by atoms with Crippen LogP contribution in [0.25, 0.3) is 0 Å². The first-order valence-corrected chi connectivity index (χ1v) is 8.09. The Morgan fingerprint density at radius 3 is 2.91 bits per heavy atom. The molecular weight excluding hydrogens is 291 g/mol. The molecule has 3 rings (SSSR count). The van der Waals surface area contributed by atoms with Gasteiger partial charge >= 0.3 is 0 Å². The second-order valence-electron chi connectivity index (χ2n) is 6.13. The largest absolute Gasteiger partial charge is 0.380 e. The Hall–Kier alpha value is -2.19. The molecule has 3 N–H and O–H groups in total. The molecule has 0 aromatic heterocycles. The quantitative estimate of drug-likeness (QED) is 0.819. The molecule has 0 radical (unpaired) electrons. The van der Waals surface area contributed by atoms with Gasteiger partial charge < -0.3 is 11.1 Å². The fraction of sp³-hybridized carbons (Fsp3) is 0.444. The highest BCUT2D eigenvalue weighted by molar-refractivity contribution is 6.07. The normalized spacial score (nSPS) is 27.1. The highest BCUT2D eigenvalue weighted by Gasteiger charge is 2.31. The van der Waals surface area contributed by atoms with Crippen LogP contribution in [0.3, 0.4) is 0 Å². The highest BCUT2D eigenvalue weighted by Crippen LogP contribution is 2.35. The van der Waals surface area contributed by atoms with E-state index in [1.165, 1.54) is 6.08 Å². The molecule has 5 heteroatoms. The standard InChI is InChI=1S/C18H21FN4/c1-2-15(9-21)23-17-7-12(6-14-10-22-18(14)17)11-3-4-16(19)13(5-11)8-20/h4-7,11,14-15,23H,2-3,9-10,21H2,1H3. The van der Waals surface area contributed by atoms with E-state index in [-0.39, 0.29) is 17.5 Å². The Balaban J connectivity index is 1.85. The maximum Gasteiger partial charge on any atom is 0.136 e. The van der Waals surface area contributed by atoms with Crippen LogP contribution in [0.4, 0.5) is 4.39 Å². The van der Waals surface area contributed by atoms with E-state index in [0.717, 1.165) is 29.9 Å². The maximum absolute atomic E-state index is 13.6. The van der Waals surface area contributed by atoms with Crippen molar-refractivity contribution < 1.29 is 4.39 Å². The Kier molecular flexibility index (Phi) is 4.44. The Morgan fingerprint density at radius 1 is 1.48 bits per heavy atom. The van der Waals surface area contributed by atoms with Gasteiger partial charge in [-0.25, -0.2) is 4.39 Å². The number of nitrogens with one attached hydrogen (secondary N) is 1. The van der Waals surface area contributed by atoms with E-state index in [2.05, 4.69) is 29.4 Å². The van der Waals surface area contributed by atoms with Crippen LogP contribution in [0, 0.1) is 23.2 Å². The summed E-state index contributed by atoms with van der Waals surface area (Å²) in [6.07, 6.45) is 9.05. The zero-order valence-corrected chi connectivity index (χ0v) is 13.2. The van der Waals surface area contributed by atoms with Gasteiger partial charge in [0, 0.05) is 24.4 Å². The number of nitrogens with two attached hydrogens (primary N) is 1. The van der Waals surface area contributed by atoms with Crippen molar-refractivity contribution >= 4 is 5.71 Å². The molecule has 3 atom stereocenters. The Morgan fingerprint density at radius 2 is 2.30 bits per heavy atom. The first-order valence-electron chi connectivity index (χ1n) is 8.09. The summed E-state index contributed by atoms with van der Waals surface area (Å²) in [7, 11) is 0. The van der Waals surface area contributed by atoms with Gasteiger partial charge in [-0.1, -0.05) is 19.1 Å². The number of nitriles is 1. The van der Waals surface area contributed by atoms with Crippen molar-refractivity contribution in [3.63, 3.8) is 0 Å². The average Bonchev–Trinajstić information content (AvgIpc) is 2.54. The summed E-state index contributed by atoms with van der Waals surface area (Å²) in [5, 5.41) is 12.5. The molecule has 0 amide bonds. The van der Waals surface area contributed by atoms with Crippen molar-refractivity contribution in [2.45, 2.75) is 25.8 Å². The molecule has 0 saturated carbocycles. The lowest BCUT2D eigenvalue weighted by Gasteiger charge is -2.33. The van der Waals surface area contributed by atoms with E-state index < -0.39 is 5.83 Å². The van der Waals surface area contributed by atoms with Crippen LogP contribution in [-0.4, -0.2) is 24.8 Å². The highest BCUT2D eigenvalue weighted by atomic mass is 19.1. The molecule has 3 unspecified atom stereocenters. The van der Waals surface area contributed by atoms with Gasteiger partial charge in [0.05, 0.1) is 23.5 Å². The monoisotopic (exact) mass is 312 g/mol. The summed E-state index contributed by atoms with van der Waals surface area (Å²) < 4.78 is 13.6. The molecule has 3 aliphatic rings. The molecule has 0 saturated heterocycles. The summed E-state index contributed by atoms with van der Waals surface area (Å²) in [5.41, 5.74) is 9.16. The summed E-state index contributed by atoms with van der Waals surface area (Å²) in [5.74, 6) is -0.0499. The van der Waals surface area contributed by atoms with Crippen molar-refractivity contribution in [1.29, 1.82) is 5.26 Å². The average molecular weight is 312 g/mol.